The fourth-order valence-corrected chi connectivity index (χ4v) is 4.84. The van der Waals surface area contributed by atoms with Gasteiger partial charge < -0.3 is 15.1 Å². The zero-order valence-corrected chi connectivity index (χ0v) is 19.5. The predicted octanol–water partition coefficient (Wildman–Crippen LogP) is 3.51. The van der Waals surface area contributed by atoms with Crippen LogP contribution in [0, 0.1) is 17.2 Å². The smallest absolute Gasteiger partial charge is 0.273 e. The van der Waals surface area contributed by atoms with Gasteiger partial charge in [0, 0.05) is 43.0 Å². The van der Waals surface area contributed by atoms with Crippen LogP contribution in [0.4, 0.5) is 4.39 Å². The summed E-state index contributed by atoms with van der Waals surface area (Å²) in [5, 5.41) is 5.26. The van der Waals surface area contributed by atoms with Crippen LogP contribution in [0.1, 0.15) is 37.2 Å². The molecule has 31 heavy (non-hydrogen) atoms. The van der Waals surface area contributed by atoms with Gasteiger partial charge in [-0.25, -0.2) is 9.37 Å². The highest BCUT2D eigenvalue weighted by atomic mass is 32.1. The number of rotatable bonds is 7. The lowest BCUT2D eigenvalue weighted by Gasteiger charge is -2.32. The van der Waals surface area contributed by atoms with Crippen molar-refractivity contribution in [2.75, 3.05) is 40.3 Å². The van der Waals surface area contributed by atoms with Gasteiger partial charge >= 0.3 is 0 Å². The normalized spacial score (nSPS) is 15.4. The van der Waals surface area contributed by atoms with Crippen LogP contribution in [0.25, 0.3) is 10.6 Å². The second kappa shape index (κ2) is 9.87. The number of hydrogen-bond acceptors (Lipinski definition) is 5. The number of hydrogen-bond donors (Lipinski definition) is 1. The zero-order valence-electron chi connectivity index (χ0n) is 18.7. The molecule has 168 valence electrons. The van der Waals surface area contributed by atoms with Crippen molar-refractivity contribution >= 4 is 23.2 Å². The Hall–Kier alpha value is -2.32. The van der Waals surface area contributed by atoms with E-state index >= 15 is 0 Å². The first-order valence-electron chi connectivity index (χ1n) is 10.6. The van der Waals surface area contributed by atoms with Crippen molar-refractivity contribution in [2.24, 2.45) is 11.3 Å². The van der Waals surface area contributed by atoms with Crippen LogP contribution in [0.15, 0.2) is 29.6 Å². The molecule has 1 saturated heterocycles. The number of nitrogens with one attached hydrogen (secondary N) is 1. The second-order valence-electron chi connectivity index (χ2n) is 9.20. The molecule has 2 aromatic rings. The molecule has 0 radical (unpaired) electrons. The number of benzene rings is 1. The minimum Gasteiger partial charge on any atom is -0.355 e. The van der Waals surface area contributed by atoms with Crippen molar-refractivity contribution in [2.45, 2.75) is 26.7 Å². The Morgan fingerprint density at radius 1 is 1.26 bits per heavy atom. The molecule has 3 rings (SSSR count). The third kappa shape index (κ3) is 6.11. The summed E-state index contributed by atoms with van der Waals surface area (Å²) in [6.45, 7) is 6.83. The van der Waals surface area contributed by atoms with Crippen LogP contribution >= 0.6 is 11.3 Å². The van der Waals surface area contributed by atoms with Crippen molar-refractivity contribution in [3.05, 3.63) is 41.2 Å². The first kappa shape index (κ1) is 23.3. The van der Waals surface area contributed by atoms with E-state index in [9.17, 15) is 14.0 Å². The monoisotopic (exact) mass is 446 g/mol. The standard InChI is InChI=1S/C23H31FN4O2S/c1-23(2,15-27(3)4)14-25-20(29)16-9-11-28(12-10-16)22(30)19-13-31-21(26-19)17-7-5-6-8-18(17)24/h5-8,13,16H,9-12,14-15H2,1-4H3,(H,25,29). The third-order valence-electron chi connectivity index (χ3n) is 5.47. The third-order valence-corrected chi connectivity index (χ3v) is 6.34. The molecule has 1 N–H and O–H groups in total. The summed E-state index contributed by atoms with van der Waals surface area (Å²) < 4.78 is 14.0. The molecule has 2 heterocycles. The van der Waals surface area contributed by atoms with Gasteiger partial charge in [-0.1, -0.05) is 26.0 Å². The number of amides is 2. The maximum absolute atomic E-state index is 14.0. The number of carbonyl (C=O) groups is 2. The summed E-state index contributed by atoms with van der Waals surface area (Å²) in [5.41, 5.74) is 0.729. The SMILES string of the molecule is CN(C)CC(C)(C)CNC(=O)C1CCN(C(=O)c2csc(-c3ccccc3F)n2)CC1. The van der Waals surface area contributed by atoms with Gasteiger partial charge in [-0.3, -0.25) is 9.59 Å². The zero-order chi connectivity index (χ0) is 22.6. The summed E-state index contributed by atoms with van der Waals surface area (Å²) in [6, 6.07) is 6.42. The van der Waals surface area contributed by atoms with E-state index in [1.807, 2.05) is 14.1 Å². The van der Waals surface area contributed by atoms with Crippen LogP contribution < -0.4 is 5.32 Å². The largest absolute Gasteiger partial charge is 0.355 e. The Kier molecular flexibility index (Phi) is 7.43. The average Bonchev–Trinajstić information content (AvgIpc) is 3.21. The van der Waals surface area contributed by atoms with Crippen LogP contribution in [0.5, 0.6) is 0 Å². The van der Waals surface area contributed by atoms with Crippen molar-refractivity contribution in [3.63, 3.8) is 0 Å². The summed E-state index contributed by atoms with van der Waals surface area (Å²) in [7, 11) is 4.05. The lowest BCUT2D eigenvalue weighted by Crippen LogP contribution is -2.46. The highest BCUT2D eigenvalue weighted by Crippen LogP contribution is 2.27. The van der Waals surface area contributed by atoms with E-state index in [2.05, 4.69) is 29.0 Å². The molecule has 0 bridgehead atoms. The van der Waals surface area contributed by atoms with Gasteiger partial charge in [-0.05, 0) is 44.5 Å². The molecule has 1 aromatic carbocycles. The fraction of sp³-hybridized carbons (Fsp3) is 0.522. The molecule has 2 amide bonds. The number of nitrogens with zero attached hydrogens (tertiary/aromatic N) is 3. The van der Waals surface area contributed by atoms with Crippen molar-refractivity contribution in [3.8, 4) is 10.6 Å². The fourth-order valence-electron chi connectivity index (χ4n) is 4.02. The first-order valence-corrected chi connectivity index (χ1v) is 11.5. The van der Waals surface area contributed by atoms with E-state index in [1.54, 1.807) is 28.5 Å². The van der Waals surface area contributed by atoms with Gasteiger partial charge in [-0.2, -0.15) is 0 Å². The summed E-state index contributed by atoms with van der Waals surface area (Å²) in [6.07, 6.45) is 1.27. The molecule has 0 saturated carbocycles. The molecule has 0 unspecified atom stereocenters. The van der Waals surface area contributed by atoms with E-state index in [1.165, 1.54) is 17.4 Å². The molecule has 1 aliphatic heterocycles. The number of piperidine rings is 1. The molecule has 6 nitrogen and oxygen atoms in total. The van der Waals surface area contributed by atoms with Gasteiger partial charge in [0.15, 0.2) is 0 Å². The molecule has 0 spiro atoms. The van der Waals surface area contributed by atoms with Crippen LogP contribution in [-0.4, -0.2) is 66.9 Å². The Bertz CT molecular complexity index is 920. The van der Waals surface area contributed by atoms with E-state index < -0.39 is 0 Å². The lowest BCUT2D eigenvalue weighted by atomic mass is 9.91. The van der Waals surface area contributed by atoms with Crippen LogP contribution in [-0.2, 0) is 4.79 Å². The summed E-state index contributed by atoms with van der Waals surface area (Å²) in [5.74, 6) is -0.528. The molecule has 1 aromatic heterocycles. The quantitative estimate of drug-likeness (QED) is 0.707. The molecule has 0 aliphatic carbocycles. The number of thiazole rings is 1. The van der Waals surface area contributed by atoms with Gasteiger partial charge in [0.05, 0.1) is 0 Å². The summed E-state index contributed by atoms with van der Waals surface area (Å²) in [4.78, 5) is 33.6. The Morgan fingerprint density at radius 2 is 1.94 bits per heavy atom. The van der Waals surface area contributed by atoms with Gasteiger partial charge in [0.1, 0.15) is 16.5 Å². The Morgan fingerprint density at radius 3 is 2.58 bits per heavy atom. The Labute approximate surface area is 187 Å². The van der Waals surface area contributed by atoms with E-state index in [0.717, 1.165) is 6.54 Å². The van der Waals surface area contributed by atoms with E-state index in [-0.39, 0.29) is 29.0 Å². The minimum absolute atomic E-state index is 0.00359. The van der Waals surface area contributed by atoms with Gasteiger partial charge in [0.2, 0.25) is 5.91 Å². The van der Waals surface area contributed by atoms with E-state index in [0.29, 0.717) is 48.7 Å². The Balaban J connectivity index is 1.52. The molecule has 1 fully saturated rings. The maximum Gasteiger partial charge on any atom is 0.273 e. The maximum atomic E-state index is 14.0. The minimum atomic E-state index is -0.351. The van der Waals surface area contributed by atoms with Crippen molar-refractivity contribution in [1.29, 1.82) is 0 Å². The topological polar surface area (TPSA) is 65.5 Å². The highest BCUT2D eigenvalue weighted by Gasteiger charge is 2.30. The summed E-state index contributed by atoms with van der Waals surface area (Å²) >= 11 is 1.26. The first-order chi connectivity index (χ1) is 14.7. The number of halogens is 1. The van der Waals surface area contributed by atoms with Crippen LogP contribution in [0.3, 0.4) is 0 Å². The van der Waals surface area contributed by atoms with Crippen molar-refractivity contribution < 1.29 is 14.0 Å². The number of likely N-dealkylation sites (tertiary alicyclic amines) is 1. The number of carbonyl (C=O) groups excluding carboxylic acids is 2. The molecule has 8 heteroatoms. The van der Waals surface area contributed by atoms with Crippen molar-refractivity contribution in [1.82, 2.24) is 20.1 Å². The molecular weight excluding hydrogens is 415 g/mol. The predicted molar refractivity (Wildman–Crippen MR) is 121 cm³/mol. The molecule has 1 aliphatic rings. The van der Waals surface area contributed by atoms with E-state index in [4.69, 9.17) is 0 Å². The highest BCUT2D eigenvalue weighted by molar-refractivity contribution is 7.13. The second-order valence-corrected chi connectivity index (χ2v) is 10.1. The molecule has 0 atom stereocenters. The average molecular weight is 447 g/mol. The van der Waals surface area contributed by atoms with Crippen LogP contribution in [0.2, 0.25) is 0 Å². The van der Waals surface area contributed by atoms with Gasteiger partial charge in [0.25, 0.3) is 5.91 Å². The lowest BCUT2D eigenvalue weighted by molar-refractivity contribution is -0.126. The number of aromatic nitrogens is 1. The van der Waals surface area contributed by atoms with Gasteiger partial charge in [-0.15, -0.1) is 11.3 Å². The molecular formula is C23H31FN4O2S.